The first-order valence-corrected chi connectivity index (χ1v) is 12.2. The first-order chi connectivity index (χ1) is 16.1. The molecule has 3 N–H and O–H groups in total. The number of nitrogens with one attached hydrogen (secondary N) is 1. The van der Waals surface area contributed by atoms with Crippen LogP contribution in [-0.4, -0.2) is 40.4 Å². The Kier molecular flexibility index (Phi) is 10.2. The minimum Gasteiger partial charge on any atom is -0.456 e. The van der Waals surface area contributed by atoms with Crippen LogP contribution in [0.5, 0.6) is 0 Å². The molecule has 2 heterocycles. The van der Waals surface area contributed by atoms with Crippen LogP contribution < -0.4 is 21.9 Å². The van der Waals surface area contributed by atoms with E-state index in [0.29, 0.717) is 24.3 Å². The Morgan fingerprint density at radius 2 is 1.97 bits per heavy atom. The lowest BCUT2D eigenvalue weighted by molar-refractivity contribution is -0.147. The average molecular weight is 493 g/mol. The predicted molar refractivity (Wildman–Crippen MR) is 131 cm³/mol. The maximum Gasteiger partial charge on any atom is 0.330 e. The highest BCUT2D eigenvalue weighted by molar-refractivity contribution is 7.12. The third kappa shape index (κ3) is 7.41. The van der Waals surface area contributed by atoms with E-state index in [1.165, 1.54) is 20.8 Å². The van der Waals surface area contributed by atoms with Crippen LogP contribution in [0.2, 0.25) is 0 Å². The quantitative estimate of drug-likeness (QED) is 0.323. The number of nitrogens with zero attached hydrogens (tertiary/aromatic N) is 2. The van der Waals surface area contributed by atoms with Crippen molar-refractivity contribution in [2.24, 2.45) is 5.92 Å². The molecule has 0 atom stereocenters. The van der Waals surface area contributed by atoms with Crippen LogP contribution in [0, 0.1) is 5.92 Å². The van der Waals surface area contributed by atoms with Crippen molar-refractivity contribution in [1.29, 1.82) is 0 Å². The molecule has 34 heavy (non-hydrogen) atoms. The number of ketones is 1. The molecule has 186 valence electrons. The standard InChI is InChI=1S/C23H32N4O6S/c1-4-5-11-27-21(24)20(22(31)25-23(27)32)26(12-10-15(2)3)18(29)14-33-19(30)9-8-16(28)17-7-6-13-34-17/h6-7,13,15H,4-5,8-12,14,24H2,1-3H3,(H,25,31,32). The lowest BCUT2D eigenvalue weighted by atomic mass is 10.1. The monoisotopic (exact) mass is 492 g/mol. The van der Waals surface area contributed by atoms with Gasteiger partial charge in [-0.25, -0.2) is 4.79 Å². The summed E-state index contributed by atoms with van der Waals surface area (Å²) in [6.07, 6.45) is 1.83. The summed E-state index contributed by atoms with van der Waals surface area (Å²) in [5.41, 5.74) is 4.61. The maximum atomic E-state index is 13.0. The molecule has 0 saturated heterocycles. The average Bonchev–Trinajstić information content (AvgIpc) is 3.32. The molecule has 0 aliphatic carbocycles. The number of aromatic nitrogens is 2. The van der Waals surface area contributed by atoms with Crippen molar-refractivity contribution in [1.82, 2.24) is 9.55 Å². The number of carbonyl (C=O) groups excluding carboxylic acids is 3. The van der Waals surface area contributed by atoms with E-state index >= 15 is 0 Å². The zero-order valence-electron chi connectivity index (χ0n) is 19.8. The first-order valence-electron chi connectivity index (χ1n) is 11.3. The van der Waals surface area contributed by atoms with Gasteiger partial charge in [0.25, 0.3) is 11.5 Å². The second-order valence-electron chi connectivity index (χ2n) is 8.29. The van der Waals surface area contributed by atoms with Gasteiger partial charge in [-0.2, -0.15) is 0 Å². The maximum absolute atomic E-state index is 13.0. The van der Waals surface area contributed by atoms with Gasteiger partial charge < -0.3 is 15.4 Å². The Balaban J connectivity index is 2.15. The van der Waals surface area contributed by atoms with Gasteiger partial charge in [-0.3, -0.25) is 28.7 Å². The van der Waals surface area contributed by atoms with E-state index in [0.717, 1.165) is 6.42 Å². The number of carbonyl (C=O) groups is 3. The van der Waals surface area contributed by atoms with E-state index < -0.39 is 29.7 Å². The summed E-state index contributed by atoms with van der Waals surface area (Å²) in [5.74, 6) is -1.40. The summed E-state index contributed by atoms with van der Waals surface area (Å²) in [7, 11) is 0. The minimum atomic E-state index is -0.778. The summed E-state index contributed by atoms with van der Waals surface area (Å²) in [6.45, 7) is 5.71. The molecule has 2 aromatic heterocycles. The number of anilines is 2. The smallest absolute Gasteiger partial charge is 0.330 e. The van der Waals surface area contributed by atoms with Gasteiger partial charge in [0.1, 0.15) is 5.82 Å². The van der Waals surface area contributed by atoms with Gasteiger partial charge in [0.2, 0.25) is 0 Å². The summed E-state index contributed by atoms with van der Waals surface area (Å²) < 4.78 is 6.31. The highest BCUT2D eigenvalue weighted by atomic mass is 32.1. The number of Topliss-reactive ketones (excluding diaryl/α,β-unsaturated/α-hetero) is 1. The van der Waals surface area contributed by atoms with Crippen LogP contribution in [0.15, 0.2) is 27.1 Å². The highest BCUT2D eigenvalue weighted by Crippen LogP contribution is 2.19. The summed E-state index contributed by atoms with van der Waals surface area (Å²) in [6, 6.07) is 3.43. The van der Waals surface area contributed by atoms with Gasteiger partial charge in [0, 0.05) is 19.5 Å². The number of nitrogen functional groups attached to an aromatic ring is 1. The van der Waals surface area contributed by atoms with Crippen LogP contribution in [0.4, 0.5) is 11.5 Å². The molecule has 2 aromatic rings. The van der Waals surface area contributed by atoms with E-state index in [4.69, 9.17) is 10.5 Å². The second-order valence-corrected chi connectivity index (χ2v) is 9.24. The van der Waals surface area contributed by atoms with Gasteiger partial charge >= 0.3 is 11.7 Å². The molecule has 0 aliphatic rings. The SMILES string of the molecule is CCCCn1c(N)c(N(CCC(C)C)C(=O)COC(=O)CCC(=O)c2cccs2)c(=O)[nH]c1=O. The predicted octanol–water partition coefficient (Wildman–Crippen LogP) is 2.57. The first kappa shape index (κ1) is 27.0. The Labute approximate surface area is 201 Å². The fraction of sp³-hybridized carbons (Fsp3) is 0.522. The molecule has 1 amide bonds. The van der Waals surface area contributed by atoms with Crippen molar-refractivity contribution in [3.63, 3.8) is 0 Å². The van der Waals surface area contributed by atoms with Gasteiger partial charge in [0.05, 0.1) is 11.3 Å². The van der Waals surface area contributed by atoms with Gasteiger partial charge in [-0.05, 0) is 30.2 Å². The Hall–Kier alpha value is -3.21. The number of H-pyrrole nitrogens is 1. The lowest BCUT2D eigenvalue weighted by Gasteiger charge is -2.25. The highest BCUT2D eigenvalue weighted by Gasteiger charge is 2.25. The van der Waals surface area contributed by atoms with Crippen molar-refractivity contribution in [2.75, 3.05) is 23.8 Å². The Morgan fingerprint density at radius 1 is 1.24 bits per heavy atom. The molecule has 2 rings (SSSR count). The minimum absolute atomic E-state index is 0.0282. The molecule has 11 heteroatoms. The fourth-order valence-corrected chi connectivity index (χ4v) is 3.89. The molecule has 0 aromatic carbocycles. The molecule has 0 radical (unpaired) electrons. The molecule has 0 bridgehead atoms. The van der Waals surface area contributed by atoms with Crippen LogP contribution >= 0.6 is 11.3 Å². The van der Waals surface area contributed by atoms with Crippen molar-refractivity contribution < 1.29 is 19.1 Å². The van der Waals surface area contributed by atoms with E-state index in [-0.39, 0.29) is 42.6 Å². The third-order valence-electron chi connectivity index (χ3n) is 5.16. The van der Waals surface area contributed by atoms with Crippen molar-refractivity contribution >= 4 is 40.5 Å². The van der Waals surface area contributed by atoms with Crippen LogP contribution in [0.25, 0.3) is 0 Å². The van der Waals surface area contributed by atoms with E-state index in [9.17, 15) is 24.0 Å². The molecular weight excluding hydrogens is 460 g/mol. The van der Waals surface area contributed by atoms with E-state index in [1.807, 2.05) is 20.8 Å². The topological polar surface area (TPSA) is 145 Å². The summed E-state index contributed by atoms with van der Waals surface area (Å²) >= 11 is 1.29. The van der Waals surface area contributed by atoms with E-state index in [1.54, 1.807) is 17.5 Å². The Bertz CT molecular complexity index is 1100. The summed E-state index contributed by atoms with van der Waals surface area (Å²) in [5, 5.41) is 1.77. The number of ether oxygens (including phenoxy) is 1. The Morgan fingerprint density at radius 3 is 2.59 bits per heavy atom. The van der Waals surface area contributed by atoms with Gasteiger partial charge in [-0.1, -0.05) is 33.3 Å². The van der Waals surface area contributed by atoms with Gasteiger partial charge in [0.15, 0.2) is 18.1 Å². The molecule has 0 unspecified atom stereocenters. The van der Waals surface area contributed by atoms with Crippen LogP contribution in [0.1, 0.15) is 62.5 Å². The number of hydrogen-bond donors (Lipinski definition) is 2. The van der Waals surface area contributed by atoms with Crippen molar-refractivity contribution in [2.45, 2.75) is 59.4 Å². The van der Waals surface area contributed by atoms with Crippen molar-refractivity contribution in [3.05, 3.63) is 43.2 Å². The fourth-order valence-electron chi connectivity index (χ4n) is 3.19. The van der Waals surface area contributed by atoms with Crippen LogP contribution in [-0.2, 0) is 20.9 Å². The molecule has 0 fully saturated rings. The van der Waals surface area contributed by atoms with Crippen molar-refractivity contribution in [3.8, 4) is 0 Å². The second kappa shape index (κ2) is 12.9. The lowest BCUT2D eigenvalue weighted by Crippen LogP contribution is -2.43. The molecule has 0 aliphatic heterocycles. The molecular formula is C23H32N4O6S. The zero-order valence-corrected chi connectivity index (χ0v) is 20.6. The summed E-state index contributed by atoms with van der Waals surface area (Å²) in [4.78, 5) is 65.9. The number of aromatic amines is 1. The number of rotatable bonds is 13. The number of nitrogens with two attached hydrogens (primary N) is 1. The van der Waals surface area contributed by atoms with Crippen LogP contribution in [0.3, 0.4) is 0 Å². The number of esters is 1. The largest absolute Gasteiger partial charge is 0.456 e. The normalized spacial score (nSPS) is 10.9. The molecule has 0 saturated carbocycles. The third-order valence-corrected chi connectivity index (χ3v) is 6.07. The number of thiophene rings is 1. The number of hydrogen-bond acceptors (Lipinski definition) is 8. The number of amides is 1. The molecule has 10 nitrogen and oxygen atoms in total. The zero-order chi connectivity index (χ0) is 25.3. The molecule has 0 spiro atoms. The number of unbranched alkanes of at least 4 members (excludes halogenated alkanes) is 1. The van der Waals surface area contributed by atoms with Gasteiger partial charge in [-0.15, -0.1) is 11.3 Å². The van der Waals surface area contributed by atoms with E-state index in [2.05, 4.69) is 4.98 Å².